The predicted octanol–water partition coefficient (Wildman–Crippen LogP) is 4.11. The zero-order valence-electron chi connectivity index (χ0n) is 13.6. The molecule has 1 aliphatic heterocycles. The highest BCUT2D eigenvalue weighted by atomic mass is 16.6. The highest BCUT2D eigenvalue weighted by molar-refractivity contribution is 5.88. The summed E-state index contributed by atoms with van der Waals surface area (Å²) in [5, 5.41) is 0. The van der Waals surface area contributed by atoms with Crippen LogP contribution in [0.3, 0.4) is 0 Å². The summed E-state index contributed by atoms with van der Waals surface area (Å²) in [6.07, 6.45) is 4.89. The molecule has 2 rings (SSSR count). The average molecular weight is 290 g/mol. The van der Waals surface area contributed by atoms with E-state index in [1.807, 2.05) is 20.8 Å². The zero-order chi connectivity index (χ0) is 15.5. The Balaban J connectivity index is 2.22. The van der Waals surface area contributed by atoms with Crippen LogP contribution in [0.5, 0.6) is 0 Å². The number of ether oxygens (including phenoxy) is 1. The van der Waals surface area contributed by atoms with Crippen molar-refractivity contribution in [1.29, 1.82) is 0 Å². The van der Waals surface area contributed by atoms with Gasteiger partial charge in [-0.15, -0.1) is 0 Å². The molecule has 0 saturated heterocycles. The maximum atomic E-state index is 12.4. The van der Waals surface area contributed by atoms with Gasteiger partial charge in [-0.1, -0.05) is 19.4 Å². The number of pyridine rings is 1. The van der Waals surface area contributed by atoms with Crippen LogP contribution in [0.2, 0.25) is 0 Å². The standard InChI is InChI=1S/C17H26N2O2/c1-5-6-9-14-11-10-13-8-7-12-19(15(13)18-14)16(20)21-17(2,3)4/h10-11H,5-9,12H2,1-4H3. The number of amides is 1. The molecule has 0 aliphatic carbocycles. The summed E-state index contributed by atoms with van der Waals surface area (Å²) in [5.41, 5.74) is 1.73. The summed E-state index contributed by atoms with van der Waals surface area (Å²) in [6, 6.07) is 4.21. The van der Waals surface area contributed by atoms with Crippen molar-refractivity contribution in [2.75, 3.05) is 11.4 Å². The monoisotopic (exact) mass is 290 g/mol. The van der Waals surface area contributed by atoms with Crippen molar-refractivity contribution in [2.45, 2.75) is 65.4 Å². The van der Waals surface area contributed by atoms with Crippen molar-refractivity contribution in [3.8, 4) is 0 Å². The molecule has 1 aromatic heterocycles. The molecular weight excluding hydrogens is 264 g/mol. The van der Waals surface area contributed by atoms with E-state index in [1.54, 1.807) is 4.90 Å². The molecule has 116 valence electrons. The number of anilines is 1. The van der Waals surface area contributed by atoms with Gasteiger partial charge in [0.2, 0.25) is 0 Å². The number of nitrogens with zero attached hydrogens (tertiary/aromatic N) is 2. The summed E-state index contributed by atoms with van der Waals surface area (Å²) >= 11 is 0. The highest BCUT2D eigenvalue weighted by Crippen LogP contribution is 2.27. The van der Waals surface area contributed by atoms with Crippen molar-refractivity contribution in [1.82, 2.24) is 4.98 Å². The molecule has 0 radical (unpaired) electrons. The van der Waals surface area contributed by atoms with Gasteiger partial charge in [-0.2, -0.15) is 0 Å². The molecule has 0 saturated carbocycles. The highest BCUT2D eigenvalue weighted by Gasteiger charge is 2.28. The molecule has 1 aliphatic rings. The van der Waals surface area contributed by atoms with Gasteiger partial charge in [-0.25, -0.2) is 9.78 Å². The molecule has 0 atom stereocenters. The molecule has 4 nitrogen and oxygen atoms in total. The first-order valence-corrected chi connectivity index (χ1v) is 7.90. The Hall–Kier alpha value is -1.58. The maximum Gasteiger partial charge on any atom is 0.416 e. The van der Waals surface area contributed by atoms with E-state index in [2.05, 4.69) is 19.1 Å². The van der Waals surface area contributed by atoms with Crippen LogP contribution in [-0.2, 0) is 17.6 Å². The van der Waals surface area contributed by atoms with Crippen molar-refractivity contribution in [3.63, 3.8) is 0 Å². The van der Waals surface area contributed by atoms with Crippen LogP contribution in [-0.4, -0.2) is 23.2 Å². The number of unbranched alkanes of at least 4 members (excludes halogenated alkanes) is 1. The van der Waals surface area contributed by atoms with Gasteiger partial charge in [0.25, 0.3) is 0 Å². The lowest BCUT2D eigenvalue weighted by molar-refractivity contribution is 0.0576. The van der Waals surface area contributed by atoms with Gasteiger partial charge >= 0.3 is 6.09 Å². The molecule has 0 spiro atoms. The van der Waals surface area contributed by atoms with Crippen LogP contribution in [0, 0.1) is 0 Å². The lowest BCUT2D eigenvalue weighted by Gasteiger charge is -2.31. The molecular formula is C17H26N2O2. The summed E-state index contributed by atoms with van der Waals surface area (Å²) < 4.78 is 5.50. The third-order valence-corrected chi connectivity index (χ3v) is 3.50. The van der Waals surface area contributed by atoms with Crippen molar-refractivity contribution in [3.05, 3.63) is 23.4 Å². The number of aromatic nitrogens is 1. The van der Waals surface area contributed by atoms with Gasteiger partial charge in [0.15, 0.2) is 0 Å². The second-order valence-corrected chi connectivity index (χ2v) is 6.62. The first-order chi connectivity index (χ1) is 9.90. The van der Waals surface area contributed by atoms with Gasteiger partial charge in [-0.3, -0.25) is 4.90 Å². The Morgan fingerprint density at radius 1 is 1.38 bits per heavy atom. The van der Waals surface area contributed by atoms with Gasteiger partial charge in [-0.05, 0) is 58.1 Å². The number of carbonyl (C=O) groups is 1. The Labute approximate surface area is 127 Å². The number of hydrogen-bond acceptors (Lipinski definition) is 3. The molecule has 4 heteroatoms. The summed E-state index contributed by atoms with van der Waals surface area (Å²) in [4.78, 5) is 18.8. The fourth-order valence-electron chi connectivity index (χ4n) is 2.47. The quantitative estimate of drug-likeness (QED) is 0.841. The Morgan fingerprint density at radius 2 is 2.14 bits per heavy atom. The van der Waals surface area contributed by atoms with Gasteiger partial charge < -0.3 is 4.74 Å². The predicted molar refractivity (Wildman–Crippen MR) is 84.8 cm³/mol. The van der Waals surface area contributed by atoms with Gasteiger partial charge in [0.1, 0.15) is 11.4 Å². The Morgan fingerprint density at radius 3 is 2.81 bits per heavy atom. The number of fused-ring (bicyclic) bond motifs is 1. The number of rotatable bonds is 3. The van der Waals surface area contributed by atoms with E-state index < -0.39 is 5.60 Å². The molecule has 2 heterocycles. The van der Waals surface area contributed by atoms with E-state index in [0.717, 1.165) is 49.2 Å². The van der Waals surface area contributed by atoms with E-state index in [4.69, 9.17) is 9.72 Å². The smallest absolute Gasteiger partial charge is 0.416 e. The van der Waals surface area contributed by atoms with Crippen LogP contribution in [0.15, 0.2) is 12.1 Å². The third-order valence-electron chi connectivity index (χ3n) is 3.50. The Bertz CT molecular complexity index is 506. The molecule has 0 aromatic carbocycles. The van der Waals surface area contributed by atoms with Crippen LogP contribution in [0.4, 0.5) is 10.6 Å². The summed E-state index contributed by atoms with van der Waals surface area (Å²) in [6.45, 7) is 8.53. The lowest BCUT2D eigenvalue weighted by Crippen LogP contribution is -2.40. The minimum Gasteiger partial charge on any atom is -0.443 e. The molecule has 0 fully saturated rings. The zero-order valence-corrected chi connectivity index (χ0v) is 13.6. The van der Waals surface area contributed by atoms with Crippen molar-refractivity contribution >= 4 is 11.9 Å². The topological polar surface area (TPSA) is 42.4 Å². The second kappa shape index (κ2) is 6.46. The van der Waals surface area contributed by atoms with Gasteiger partial charge in [0, 0.05) is 12.2 Å². The van der Waals surface area contributed by atoms with Crippen LogP contribution in [0.1, 0.15) is 58.2 Å². The Kier molecular flexibility index (Phi) is 4.86. The average Bonchev–Trinajstić information content (AvgIpc) is 2.42. The van der Waals surface area contributed by atoms with E-state index >= 15 is 0 Å². The van der Waals surface area contributed by atoms with E-state index in [-0.39, 0.29) is 6.09 Å². The molecule has 0 unspecified atom stereocenters. The van der Waals surface area contributed by atoms with E-state index in [1.165, 1.54) is 0 Å². The fraction of sp³-hybridized carbons (Fsp3) is 0.647. The number of hydrogen-bond donors (Lipinski definition) is 0. The molecule has 1 aromatic rings. The first kappa shape index (κ1) is 15.8. The van der Waals surface area contributed by atoms with Crippen LogP contribution >= 0.6 is 0 Å². The molecule has 21 heavy (non-hydrogen) atoms. The number of carbonyl (C=O) groups excluding carboxylic acids is 1. The van der Waals surface area contributed by atoms with Crippen molar-refractivity contribution < 1.29 is 9.53 Å². The summed E-state index contributed by atoms with van der Waals surface area (Å²) in [5.74, 6) is 0.795. The normalized spacial score (nSPS) is 14.8. The fourth-order valence-corrected chi connectivity index (χ4v) is 2.47. The second-order valence-electron chi connectivity index (χ2n) is 6.62. The SMILES string of the molecule is CCCCc1ccc2c(n1)N(C(=O)OC(C)(C)C)CCC2. The summed E-state index contributed by atoms with van der Waals surface area (Å²) in [7, 11) is 0. The molecule has 0 bridgehead atoms. The van der Waals surface area contributed by atoms with Crippen molar-refractivity contribution in [2.24, 2.45) is 0 Å². The van der Waals surface area contributed by atoms with Crippen LogP contribution in [0.25, 0.3) is 0 Å². The largest absolute Gasteiger partial charge is 0.443 e. The maximum absolute atomic E-state index is 12.4. The third kappa shape index (κ3) is 4.19. The van der Waals surface area contributed by atoms with Crippen LogP contribution < -0.4 is 4.90 Å². The molecule has 0 N–H and O–H groups in total. The minimum absolute atomic E-state index is 0.288. The lowest BCUT2D eigenvalue weighted by atomic mass is 10.0. The van der Waals surface area contributed by atoms with Gasteiger partial charge in [0.05, 0.1) is 0 Å². The minimum atomic E-state index is -0.478. The molecule has 1 amide bonds. The number of aryl methyl sites for hydroxylation is 2. The van der Waals surface area contributed by atoms with E-state index in [0.29, 0.717) is 6.54 Å². The van der Waals surface area contributed by atoms with E-state index in [9.17, 15) is 4.79 Å². The first-order valence-electron chi connectivity index (χ1n) is 7.90.